The first-order chi connectivity index (χ1) is 8.15. The molecule has 94 valence electrons. The molecular formula is C13H19NO2S. The van der Waals surface area contributed by atoms with E-state index in [1.807, 2.05) is 6.07 Å². The monoisotopic (exact) mass is 253 g/mol. The zero-order valence-electron chi connectivity index (χ0n) is 10.1. The fraction of sp³-hybridized carbons (Fsp3) is 0.692. The lowest BCUT2D eigenvalue weighted by Gasteiger charge is -2.38. The Morgan fingerprint density at radius 1 is 1.59 bits per heavy atom. The molecule has 2 aliphatic heterocycles. The molecule has 0 saturated carbocycles. The van der Waals surface area contributed by atoms with Gasteiger partial charge in [-0.05, 0) is 38.3 Å². The third-order valence-corrected chi connectivity index (χ3v) is 5.36. The zero-order chi connectivity index (χ0) is 12.0. The van der Waals surface area contributed by atoms with Gasteiger partial charge in [-0.15, -0.1) is 11.3 Å². The maximum atomic E-state index is 10.7. The van der Waals surface area contributed by atoms with Crippen LogP contribution < -0.4 is 5.73 Å². The smallest absolute Gasteiger partial charge is 0.0975 e. The maximum absolute atomic E-state index is 10.7. The summed E-state index contributed by atoms with van der Waals surface area (Å²) in [5, 5.41) is 10.7. The fourth-order valence-electron chi connectivity index (χ4n) is 3.33. The van der Waals surface area contributed by atoms with E-state index in [9.17, 15) is 5.11 Å². The lowest BCUT2D eigenvalue weighted by molar-refractivity contribution is -0.0245. The highest BCUT2D eigenvalue weighted by Crippen LogP contribution is 2.54. The number of hydrogen-bond donors (Lipinski definition) is 2. The highest BCUT2D eigenvalue weighted by atomic mass is 32.1. The molecule has 2 aliphatic rings. The van der Waals surface area contributed by atoms with Crippen LogP contribution in [0.25, 0.3) is 0 Å². The van der Waals surface area contributed by atoms with Gasteiger partial charge in [0.1, 0.15) is 0 Å². The molecule has 0 radical (unpaired) electrons. The number of fused-ring (bicyclic) bond motifs is 2. The third kappa shape index (κ3) is 1.66. The van der Waals surface area contributed by atoms with Gasteiger partial charge in [-0.25, -0.2) is 0 Å². The van der Waals surface area contributed by atoms with Crippen molar-refractivity contribution in [1.29, 1.82) is 0 Å². The van der Waals surface area contributed by atoms with Crippen molar-refractivity contribution in [2.75, 3.05) is 6.54 Å². The van der Waals surface area contributed by atoms with Crippen molar-refractivity contribution >= 4 is 11.3 Å². The van der Waals surface area contributed by atoms with E-state index < -0.39 is 6.10 Å². The molecule has 4 atom stereocenters. The van der Waals surface area contributed by atoms with Crippen LogP contribution in [0.3, 0.4) is 0 Å². The molecule has 2 saturated heterocycles. The molecule has 4 unspecified atom stereocenters. The second kappa shape index (κ2) is 4.05. The van der Waals surface area contributed by atoms with Crippen molar-refractivity contribution in [3.8, 4) is 0 Å². The van der Waals surface area contributed by atoms with Gasteiger partial charge in [0.05, 0.1) is 18.3 Å². The second-order valence-corrected chi connectivity index (χ2v) is 6.64. The fourth-order valence-corrected chi connectivity index (χ4v) is 4.32. The van der Waals surface area contributed by atoms with Gasteiger partial charge < -0.3 is 15.6 Å². The number of aliphatic hydroxyl groups is 1. The molecular weight excluding hydrogens is 234 g/mol. The lowest BCUT2D eigenvalue weighted by atomic mass is 9.69. The van der Waals surface area contributed by atoms with Crippen molar-refractivity contribution in [2.45, 2.75) is 44.5 Å². The summed E-state index contributed by atoms with van der Waals surface area (Å²) in [6.07, 6.45) is 3.08. The summed E-state index contributed by atoms with van der Waals surface area (Å²) in [5.74, 6) is 0. The minimum absolute atomic E-state index is 0.148. The summed E-state index contributed by atoms with van der Waals surface area (Å²) < 4.78 is 5.89. The highest BCUT2D eigenvalue weighted by Gasteiger charge is 2.55. The van der Waals surface area contributed by atoms with Gasteiger partial charge in [-0.1, -0.05) is 0 Å². The molecule has 0 aromatic carbocycles. The van der Waals surface area contributed by atoms with Crippen LogP contribution in [0.2, 0.25) is 0 Å². The van der Waals surface area contributed by atoms with Crippen LogP contribution in [0.15, 0.2) is 12.1 Å². The first-order valence-electron chi connectivity index (χ1n) is 6.25. The molecule has 1 aromatic heterocycles. The Hall–Kier alpha value is -0.420. The van der Waals surface area contributed by atoms with Crippen LogP contribution in [0.1, 0.15) is 35.1 Å². The summed E-state index contributed by atoms with van der Waals surface area (Å²) in [7, 11) is 0. The number of thiophene rings is 1. The molecule has 3 N–H and O–H groups in total. The van der Waals surface area contributed by atoms with Gasteiger partial charge in [0.2, 0.25) is 0 Å². The first kappa shape index (κ1) is 11.7. The molecule has 2 bridgehead atoms. The Balaban J connectivity index is 1.91. The Kier molecular flexibility index (Phi) is 2.78. The first-order valence-corrected chi connectivity index (χ1v) is 7.07. The average Bonchev–Trinajstić information content (AvgIpc) is 3.02. The van der Waals surface area contributed by atoms with Gasteiger partial charge in [0, 0.05) is 21.7 Å². The van der Waals surface area contributed by atoms with Crippen molar-refractivity contribution in [3.05, 3.63) is 21.9 Å². The van der Waals surface area contributed by atoms with E-state index in [-0.39, 0.29) is 11.5 Å². The Morgan fingerprint density at radius 2 is 2.41 bits per heavy atom. The Labute approximate surface area is 106 Å². The van der Waals surface area contributed by atoms with Crippen molar-refractivity contribution < 1.29 is 9.84 Å². The molecule has 3 heterocycles. The van der Waals surface area contributed by atoms with Crippen molar-refractivity contribution in [3.63, 3.8) is 0 Å². The molecule has 3 nitrogen and oxygen atoms in total. The predicted octanol–water partition coefficient (Wildman–Crippen LogP) is 1.99. The summed E-state index contributed by atoms with van der Waals surface area (Å²) in [6, 6.07) is 4.08. The topological polar surface area (TPSA) is 55.5 Å². The zero-order valence-corrected chi connectivity index (χ0v) is 10.9. The lowest BCUT2D eigenvalue weighted by Crippen LogP contribution is -2.44. The van der Waals surface area contributed by atoms with Gasteiger partial charge in [0.25, 0.3) is 0 Å². The normalized spacial score (nSPS) is 37.6. The second-order valence-electron chi connectivity index (χ2n) is 5.32. The number of rotatable bonds is 3. The largest absolute Gasteiger partial charge is 0.387 e. The minimum Gasteiger partial charge on any atom is -0.387 e. The van der Waals surface area contributed by atoms with Gasteiger partial charge in [-0.2, -0.15) is 0 Å². The van der Waals surface area contributed by atoms with Crippen LogP contribution in [-0.4, -0.2) is 23.9 Å². The molecule has 17 heavy (non-hydrogen) atoms. The summed E-state index contributed by atoms with van der Waals surface area (Å²) >= 11 is 1.66. The quantitative estimate of drug-likeness (QED) is 0.866. The van der Waals surface area contributed by atoms with E-state index in [1.165, 1.54) is 4.88 Å². The van der Waals surface area contributed by atoms with E-state index >= 15 is 0 Å². The predicted molar refractivity (Wildman–Crippen MR) is 68.0 cm³/mol. The van der Waals surface area contributed by atoms with Gasteiger partial charge in [-0.3, -0.25) is 0 Å². The summed E-state index contributed by atoms with van der Waals surface area (Å²) in [5.41, 5.74) is 5.72. The number of aliphatic hydroxyl groups excluding tert-OH is 1. The minimum atomic E-state index is -0.471. The van der Waals surface area contributed by atoms with Crippen LogP contribution in [-0.2, 0) is 4.74 Å². The number of nitrogens with two attached hydrogens (primary N) is 1. The van der Waals surface area contributed by atoms with Gasteiger partial charge >= 0.3 is 0 Å². The van der Waals surface area contributed by atoms with Gasteiger partial charge in [0.15, 0.2) is 0 Å². The third-order valence-electron chi connectivity index (χ3n) is 4.31. The SMILES string of the molecule is Cc1ccc(C(O)C2(CN)CC3CCC2O3)s1. The molecule has 1 aromatic rings. The number of aryl methyl sites for hydroxylation is 1. The van der Waals surface area contributed by atoms with Crippen LogP contribution in [0.4, 0.5) is 0 Å². The highest BCUT2D eigenvalue weighted by molar-refractivity contribution is 7.12. The maximum Gasteiger partial charge on any atom is 0.0975 e. The van der Waals surface area contributed by atoms with Crippen LogP contribution in [0.5, 0.6) is 0 Å². The van der Waals surface area contributed by atoms with Crippen molar-refractivity contribution in [1.82, 2.24) is 0 Å². The molecule has 2 fully saturated rings. The Morgan fingerprint density at radius 3 is 2.88 bits per heavy atom. The summed E-state index contributed by atoms with van der Waals surface area (Å²) in [4.78, 5) is 2.26. The molecule has 4 heteroatoms. The number of ether oxygens (including phenoxy) is 1. The number of hydrogen-bond acceptors (Lipinski definition) is 4. The van der Waals surface area contributed by atoms with Crippen molar-refractivity contribution in [2.24, 2.45) is 11.1 Å². The van der Waals surface area contributed by atoms with E-state index in [0.717, 1.165) is 24.1 Å². The molecule has 3 rings (SSSR count). The van der Waals surface area contributed by atoms with E-state index in [4.69, 9.17) is 10.5 Å². The molecule has 0 aliphatic carbocycles. The standard InChI is InChI=1S/C13H19NO2S/c1-8-2-4-10(17-8)12(15)13(7-14)6-9-3-5-11(13)16-9/h2,4,9,11-12,15H,3,5-7,14H2,1H3. The summed E-state index contributed by atoms with van der Waals surface area (Å²) in [6.45, 7) is 2.57. The Bertz CT molecular complexity index is 419. The van der Waals surface area contributed by atoms with E-state index in [2.05, 4.69) is 13.0 Å². The van der Waals surface area contributed by atoms with Crippen LogP contribution in [0, 0.1) is 12.3 Å². The van der Waals surface area contributed by atoms with E-state index in [1.54, 1.807) is 11.3 Å². The molecule has 0 amide bonds. The van der Waals surface area contributed by atoms with E-state index in [0.29, 0.717) is 12.6 Å². The average molecular weight is 253 g/mol. The van der Waals surface area contributed by atoms with Crippen LogP contribution >= 0.6 is 11.3 Å². The molecule has 0 spiro atoms.